The van der Waals surface area contributed by atoms with Crippen molar-refractivity contribution in [3.05, 3.63) is 47.5 Å². The van der Waals surface area contributed by atoms with E-state index in [1.54, 1.807) is 9.80 Å². The summed E-state index contributed by atoms with van der Waals surface area (Å²) in [5.74, 6) is 0.498. The number of likely N-dealkylation sites (tertiary alicyclic amines) is 1. The Morgan fingerprint density at radius 2 is 1.43 bits per heavy atom. The summed E-state index contributed by atoms with van der Waals surface area (Å²) >= 11 is 0. The number of nitrogens with one attached hydrogen (secondary N) is 2. The second kappa shape index (κ2) is 8.18. The van der Waals surface area contributed by atoms with Crippen molar-refractivity contribution >= 4 is 11.8 Å². The Bertz CT molecular complexity index is 722. The summed E-state index contributed by atoms with van der Waals surface area (Å²) in [4.78, 5) is 29.8. The van der Waals surface area contributed by atoms with Crippen LogP contribution in [0.15, 0.2) is 36.4 Å². The molecule has 2 heterocycles. The number of hydrogen-bond donors (Lipinski definition) is 2. The quantitative estimate of drug-likeness (QED) is 0.556. The van der Waals surface area contributed by atoms with Crippen molar-refractivity contribution in [1.29, 1.82) is 0 Å². The molecule has 2 aliphatic heterocycles. The van der Waals surface area contributed by atoms with Crippen molar-refractivity contribution in [2.75, 3.05) is 32.8 Å². The van der Waals surface area contributed by atoms with Gasteiger partial charge in [0.05, 0.1) is 11.8 Å². The van der Waals surface area contributed by atoms with Gasteiger partial charge in [-0.05, 0) is 24.3 Å². The van der Waals surface area contributed by atoms with Crippen LogP contribution in [0.3, 0.4) is 0 Å². The zero-order chi connectivity index (χ0) is 19.7. The molecule has 0 radical (unpaired) electrons. The highest BCUT2D eigenvalue weighted by Gasteiger charge is 2.48. The number of benzene rings is 1. The molecule has 2 fully saturated rings. The van der Waals surface area contributed by atoms with E-state index in [1.165, 1.54) is 16.0 Å². The number of amides is 2. The molecular weight excluding hydrogens is 350 g/mol. The number of quaternary nitrogens is 2. The number of carbonyl (C=O) groups excluding carboxylic acids is 2. The van der Waals surface area contributed by atoms with Gasteiger partial charge in [-0.2, -0.15) is 0 Å². The first-order chi connectivity index (χ1) is 13.5. The van der Waals surface area contributed by atoms with Gasteiger partial charge >= 0.3 is 0 Å². The fraction of sp³-hybridized carbons (Fsp3) is 0.565. The molecule has 150 valence electrons. The monoisotopic (exact) mass is 383 g/mol. The van der Waals surface area contributed by atoms with Crippen molar-refractivity contribution in [2.24, 2.45) is 11.8 Å². The molecule has 3 aliphatic rings. The lowest BCUT2D eigenvalue weighted by molar-refractivity contribution is -1.02. The predicted molar refractivity (Wildman–Crippen MR) is 108 cm³/mol. The maximum absolute atomic E-state index is 12.7. The van der Waals surface area contributed by atoms with E-state index in [0.29, 0.717) is 12.6 Å². The maximum Gasteiger partial charge on any atom is 0.237 e. The topological polar surface area (TPSA) is 46.3 Å². The van der Waals surface area contributed by atoms with E-state index in [0.717, 1.165) is 45.6 Å². The van der Waals surface area contributed by atoms with Gasteiger partial charge in [-0.25, -0.2) is 4.90 Å². The van der Waals surface area contributed by atoms with Crippen molar-refractivity contribution in [1.82, 2.24) is 4.90 Å². The van der Waals surface area contributed by atoms with Gasteiger partial charge in [0.1, 0.15) is 32.7 Å². The van der Waals surface area contributed by atoms with Gasteiger partial charge in [0.15, 0.2) is 6.67 Å². The summed E-state index contributed by atoms with van der Waals surface area (Å²) < 4.78 is 0. The Balaban J connectivity index is 1.27. The molecule has 1 aliphatic carbocycles. The van der Waals surface area contributed by atoms with Gasteiger partial charge in [-0.1, -0.05) is 50.3 Å². The van der Waals surface area contributed by atoms with Crippen LogP contribution in [0, 0.1) is 11.8 Å². The molecule has 4 rings (SSSR count). The molecule has 0 bridgehead atoms. The molecule has 2 amide bonds. The van der Waals surface area contributed by atoms with E-state index in [2.05, 4.69) is 50.3 Å². The van der Waals surface area contributed by atoms with Crippen LogP contribution in [-0.2, 0) is 16.1 Å². The van der Waals surface area contributed by atoms with Crippen LogP contribution in [-0.4, -0.2) is 49.6 Å². The first-order valence-electron chi connectivity index (χ1n) is 10.8. The lowest BCUT2D eigenvalue weighted by atomic mass is 9.85. The van der Waals surface area contributed by atoms with Crippen LogP contribution in [0.4, 0.5) is 0 Å². The third-order valence-electron chi connectivity index (χ3n) is 6.75. The summed E-state index contributed by atoms with van der Waals surface area (Å²) in [6, 6.07) is 9.03. The lowest BCUT2D eigenvalue weighted by Gasteiger charge is -2.31. The number of imide groups is 1. The third-order valence-corrected chi connectivity index (χ3v) is 6.75. The number of carbonyl (C=O) groups is 2. The number of rotatable bonds is 5. The molecule has 0 spiro atoms. The van der Waals surface area contributed by atoms with Crippen molar-refractivity contribution in [3.63, 3.8) is 0 Å². The van der Waals surface area contributed by atoms with Gasteiger partial charge < -0.3 is 9.80 Å². The average Bonchev–Trinajstić information content (AvgIpc) is 2.95. The van der Waals surface area contributed by atoms with E-state index in [1.807, 2.05) is 0 Å². The molecule has 1 aromatic carbocycles. The highest BCUT2D eigenvalue weighted by molar-refractivity contribution is 6.05. The molecule has 5 nitrogen and oxygen atoms in total. The van der Waals surface area contributed by atoms with E-state index in [4.69, 9.17) is 0 Å². The van der Waals surface area contributed by atoms with Gasteiger partial charge in [0, 0.05) is 5.56 Å². The Morgan fingerprint density at radius 3 is 1.96 bits per heavy atom. The highest BCUT2D eigenvalue weighted by Crippen LogP contribution is 2.34. The smallest absolute Gasteiger partial charge is 0.237 e. The van der Waals surface area contributed by atoms with E-state index < -0.39 is 0 Å². The molecule has 1 aromatic rings. The second-order valence-electron chi connectivity index (χ2n) is 8.99. The zero-order valence-corrected chi connectivity index (χ0v) is 17.1. The fourth-order valence-electron chi connectivity index (χ4n) is 4.85. The number of piperazine rings is 1. The fourth-order valence-corrected chi connectivity index (χ4v) is 4.85. The molecule has 28 heavy (non-hydrogen) atoms. The van der Waals surface area contributed by atoms with Gasteiger partial charge in [0.2, 0.25) is 11.8 Å². The van der Waals surface area contributed by atoms with Crippen LogP contribution in [0.2, 0.25) is 0 Å². The number of fused-ring (bicyclic) bond motifs is 1. The summed E-state index contributed by atoms with van der Waals surface area (Å²) in [6.45, 7) is 10.3. The van der Waals surface area contributed by atoms with Crippen LogP contribution >= 0.6 is 0 Å². The normalized spacial score (nSPS) is 30.2. The minimum absolute atomic E-state index is 0.0619. The molecule has 2 N–H and O–H groups in total. The maximum atomic E-state index is 12.7. The van der Waals surface area contributed by atoms with Crippen molar-refractivity contribution in [2.45, 2.75) is 39.2 Å². The van der Waals surface area contributed by atoms with Crippen molar-refractivity contribution in [3.8, 4) is 0 Å². The van der Waals surface area contributed by atoms with Crippen LogP contribution in [0.5, 0.6) is 0 Å². The van der Waals surface area contributed by atoms with E-state index in [9.17, 15) is 9.59 Å². The molecule has 2 atom stereocenters. The summed E-state index contributed by atoms with van der Waals surface area (Å²) in [5, 5.41) is 0. The molecule has 0 saturated carbocycles. The summed E-state index contributed by atoms with van der Waals surface area (Å²) in [6.07, 6.45) is 5.57. The highest BCUT2D eigenvalue weighted by atomic mass is 16.2. The molecule has 2 saturated heterocycles. The van der Waals surface area contributed by atoms with Crippen LogP contribution in [0.1, 0.15) is 43.7 Å². The van der Waals surface area contributed by atoms with Gasteiger partial charge in [-0.15, -0.1) is 0 Å². The predicted octanol–water partition coefficient (Wildman–Crippen LogP) is 0.00210. The van der Waals surface area contributed by atoms with Gasteiger partial charge in [-0.3, -0.25) is 9.59 Å². The van der Waals surface area contributed by atoms with Gasteiger partial charge in [0.25, 0.3) is 0 Å². The largest absolute Gasteiger partial charge is 0.322 e. The number of allylic oxidation sites excluding steroid dienone is 2. The Morgan fingerprint density at radius 1 is 0.893 bits per heavy atom. The summed E-state index contributed by atoms with van der Waals surface area (Å²) in [5.41, 5.74) is 2.79. The second-order valence-corrected chi connectivity index (χ2v) is 8.99. The first-order valence-corrected chi connectivity index (χ1v) is 10.8. The molecule has 0 aromatic heterocycles. The summed E-state index contributed by atoms with van der Waals surface area (Å²) in [7, 11) is 0. The Labute approximate surface area is 168 Å². The number of hydrogen-bond acceptors (Lipinski definition) is 2. The molecule has 0 unspecified atom stereocenters. The molecular formula is C23H33N3O2+2. The van der Waals surface area contributed by atoms with Crippen LogP contribution in [0.25, 0.3) is 0 Å². The minimum atomic E-state index is -0.0994. The third kappa shape index (κ3) is 3.91. The molecule has 5 heteroatoms. The lowest BCUT2D eigenvalue weighted by Crippen LogP contribution is -3.28. The number of nitrogens with zero attached hydrogens (tertiary/aromatic N) is 1. The van der Waals surface area contributed by atoms with E-state index in [-0.39, 0.29) is 23.7 Å². The Hall–Kier alpha value is -1.98. The average molecular weight is 384 g/mol. The standard InChI is InChI=1S/C23H31N3O2/c1-17(2)19-9-7-18(8-10-19)15-24-11-13-25(14-12-24)16-26-22(27)20-5-3-4-6-21(20)23(26)28/h3-4,7-10,17,20-21H,5-6,11-16H2,1-2H3/p+2/t20-,21-/m1/s1. The van der Waals surface area contributed by atoms with E-state index >= 15 is 0 Å². The zero-order valence-electron chi connectivity index (χ0n) is 17.1. The van der Waals surface area contributed by atoms with Crippen LogP contribution < -0.4 is 9.80 Å². The van der Waals surface area contributed by atoms with Crippen molar-refractivity contribution < 1.29 is 19.4 Å². The first kappa shape index (κ1) is 19.3. The Kier molecular flexibility index (Phi) is 5.65. The minimum Gasteiger partial charge on any atom is -0.322 e. The SMILES string of the molecule is CC(C)c1ccc(C[NH+]2CC[NH+](CN3C(=O)[C@@H]4CC=CC[C@H]4C3=O)CC2)cc1.